The number of pyridine rings is 1. The quantitative estimate of drug-likeness (QED) is 0.614. The summed E-state index contributed by atoms with van der Waals surface area (Å²) in [6, 6.07) is 14.2. The van der Waals surface area contributed by atoms with Gasteiger partial charge in [0.25, 0.3) is 5.91 Å². The maximum Gasteiger partial charge on any atom is 0.339 e. The van der Waals surface area contributed by atoms with Gasteiger partial charge in [-0.3, -0.25) is 14.6 Å². The minimum absolute atomic E-state index is 0.174. The molecule has 0 aliphatic heterocycles. The third-order valence-corrected chi connectivity index (χ3v) is 5.25. The highest BCUT2D eigenvalue weighted by molar-refractivity contribution is 6.06. The van der Waals surface area contributed by atoms with Gasteiger partial charge in [0.05, 0.1) is 11.1 Å². The van der Waals surface area contributed by atoms with E-state index in [-0.39, 0.29) is 5.91 Å². The average molecular weight is 417 g/mol. The second-order valence-electron chi connectivity index (χ2n) is 7.58. The fourth-order valence-electron chi connectivity index (χ4n) is 3.80. The van der Waals surface area contributed by atoms with E-state index in [9.17, 15) is 14.4 Å². The molecule has 1 heterocycles. The van der Waals surface area contributed by atoms with Crippen molar-refractivity contribution >= 4 is 40.1 Å². The smallest absolute Gasteiger partial charge is 0.339 e. The highest BCUT2D eigenvalue weighted by Crippen LogP contribution is 2.30. The number of para-hydroxylation sites is 1. The van der Waals surface area contributed by atoms with E-state index in [0.29, 0.717) is 16.9 Å². The number of amides is 2. The van der Waals surface area contributed by atoms with E-state index >= 15 is 0 Å². The van der Waals surface area contributed by atoms with Gasteiger partial charge in [-0.1, -0.05) is 18.2 Å². The summed E-state index contributed by atoms with van der Waals surface area (Å²) in [5.41, 5.74) is 4.29. The molecule has 158 valence electrons. The monoisotopic (exact) mass is 417 g/mol. The number of anilines is 2. The van der Waals surface area contributed by atoms with Crippen LogP contribution in [0.4, 0.5) is 11.4 Å². The van der Waals surface area contributed by atoms with Crippen molar-refractivity contribution in [3.63, 3.8) is 0 Å². The molecule has 1 atom stereocenters. The van der Waals surface area contributed by atoms with Gasteiger partial charge in [-0.05, 0) is 62.1 Å². The van der Waals surface area contributed by atoms with Crippen molar-refractivity contribution in [3.8, 4) is 0 Å². The molecule has 0 bridgehead atoms. The molecule has 1 aliphatic rings. The van der Waals surface area contributed by atoms with Crippen LogP contribution in [0, 0.1) is 0 Å². The van der Waals surface area contributed by atoms with Crippen LogP contribution >= 0.6 is 0 Å². The Morgan fingerprint density at radius 2 is 1.65 bits per heavy atom. The highest BCUT2D eigenvalue weighted by Gasteiger charge is 2.27. The molecule has 1 aromatic heterocycles. The lowest BCUT2D eigenvalue weighted by atomic mass is 10.0. The van der Waals surface area contributed by atoms with E-state index in [1.165, 1.54) is 6.92 Å². The molecule has 2 amide bonds. The third-order valence-electron chi connectivity index (χ3n) is 5.25. The SMILES string of the molecule is CC(=O)Nc1ccc(NC(=O)[C@H](C)OC(=O)c2c3c(nc4ccccc24)CCC3)cc1. The Kier molecular flexibility index (Phi) is 5.66. The summed E-state index contributed by atoms with van der Waals surface area (Å²) in [6.45, 7) is 2.97. The summed E-state index contributed by atoms with van der Waals surface area (Å²) in [5, 5.41) is 6.13. The minimum atomic E-state index is -0.980. The van der Waals surface area contributed by atoms with Crippen LogP contribution in [-0.4, -0.2) is 28.9 Å². The zero-order valence-corrected chi connectivity index (χ0v) is 17.4. The average Bonchev–Trinajstić information content (AvgIpc) is 3.20. The minimum Gasteiger partial charge on any atom is -0.449 e. The van der Waals surface area contributed by atoms with Crippen LogP contribution < -0.4 is 10.6 Å². The first-order valence-corrected chi connectivity index (χ1v) is 10.2. The lowest BCUT2D eigenvalue weighted by Crippen LogP contribution is -2.30. The van der Waals surface area contributed by atoms with E-state index < -0.39 is 18.0 Å². The first-order chi connectivity index (χ1) is 14.9. The van der Waals surface area contributed by atoms with Gasteiger partial charge in [0.1, 0.15) is 0 Å². The molecular weight excluding hydrogens is 394 g/mol. The molecule has 3 aromatic rings. The van der Waals surface area contributed by atoms with E-state index in [2.05, 4.69) is 15.6 Å². The third kappa shape index (κ3) is 4.40. The van der Waals surface area contributed by atoms with Crippen molar-refractivity contribution in [2.24, 2.45) is 0 Å². The van der Waals surface area contributed by atoms with Gasteiger partial charge in [-0.2, -0.15) is 0 Å². The standard InChI is InChI=1S/C24H23N3O4/c1-14(23(29)26-17-12-10-16(11-13-17)25-15(2)28)31-24(30)22-18-6-3-4-8-20(18)27-21-9-5-7-19(21)22/h3-4,6,8,10-14H,5,7,9H2,1-2H3,(H,25,28)(H,26,29)/t14-/m0/s1. The molecule has 31 heavy (non-hydrogen) atoms. The van der Waals surface area contributed by atoms with E-state index in [0.717, 1.165) is 41.4 Å². The summed E-state index contributed by atoms with van der Waals surface area (Å²) in [7, 11) is 0. The number of nitrogens with one attached hydrogen (secondary N) is 2. The molecule has 0 saturated carbocycles. The number of carbonyl (C=O) groups is 3. The number of carbonyl (C=O) groups excluding carboxylic acids is 3. The molecule has 0 spiro atoms. The van der Waals surface area contributed by atoms with Crippen LogP contribution in [0.5, 0.6) is 0 Å². The van der Waals surface area contributed by atoms with E-state index in [1.54, 1.807) is 31.2 Å². The van der Waals surface area contributed by atoms with Crippen LogP contribution in [0.1, 0.15) is 41.9 Å². The van der Waals surface area contributed by atoms with Gasteiger partial charge >= 0.3 is 5.97 Å². The second-order valence-corrected chi connectivity index (χ2v) is 7.58. The van der Waals surface area contributed by atoms with E-state index in [4.69, 9.17) is 4.74 Å². The molecular formula is C24H23N3O4. The van der Waals surface area contributed by atoms with Crippen molar-refractivity contribution in [1.29, 1.82) is 0 Å². The van der Waals surface area contributed by atoms with Crippen molar-refractivity contribution in [2.45, 2.75) is 39.2 Å². The lowest BCUT2D eigenvalue weighted by molar-refractivity contribution is -0.123. The maximum atomic E-state index is 13.1. The molecule has 2 aromatic carbocycles. The highest BCUT2D eigenvalue weighted by atomic mass is 16.5. The molecule has 0 saturated heterocycles. The van der Waals surface area contributed by atoms with Crippen molar-refractivity contribution < 1.29 is 19.1 Å². The first kappa shape index (κ1) is 20.5. The predicted molar refractivity (Wildman–Crippen MR) is 118 cm³/mol. The number of rotatable bonds is 5. The zero-order chi connectivity index (χ0) is 22.0. The number of ether oxygens (including phenoxy) is 1. The first-order valence-electron chi connectivity index (χ1n) is 10.2. The Morgan fingerprint density at radius 1 is 0.968 bits per heavy atom. The number of hydrogen-bond acceptors (Lipinski definition) is 5. The van der Waals surface area contributed by atoms with Crippen molar-refractivity contribution in [2.75, 3.05) is 10.6 Å². The molecule has 1 aliphatic carbocycles. The Bertz CT molecular complexity index is 1170. The largest absolute Gasteiger partial charge is 0.449 e. The van der Waals surface area contributed by atoms with E-state index in [1.807, 2.05) is 24.3 Å². The number of nitrogens with zero attached hydrogens (tertiary/aromatic N) is 1. The van der Waals surface area contributed by atoms with Crippen LogP contribution in [0.25, 0.3) is 10.9 Å². The zero-order valence-electron chi connectivity index (χ0n) is 17.4. The molecule has 7 nitrogen and oxygen atoms in total. The number of aryl methyl sites for hydroxylation is 1. The summed E-state index contributed by atoms with van der Waals surface area (Å²) < 4.78 is 5.54. The van der Waals surface area contributed by atoms with Gasteiger partial charge in [0.2, 0.25) is 5.91 Å². The van der Waals surface area contributed by atoms with Gasteiger partial charge in [-0.15, -0.1) is 0 Å². The fourth-order valence-corrected chi connectivity index (χ4v) is 3.80. The Morgan fingerprint density at radius 3 is 2.35 bits per heavy atom. The van der Waals surface area contributed by atoms with Crippen LogP contribution in [0.3, 0.4) is 0 Å². The molecule has 7 heteroatoms. The van der Waals surface area contributed by atoms with Gasteiger partial charge in [0, 0.05) is 29.4 Å². The second kappa shape index (κ2) is 8.55. The Balaban J connectivity index is 1.49. The Hall–Kier alpha value is -3.74. The number of aromatic nitrogens is 1. The molecule has 0 fully saturated rings. The van der Waals surface area contributed by atoms with Gasteiger partial charge in [0.15, 0.2) is 6.10 Å². The number of hydrogen-bond donors (Lipinski definition) is 2. The fraction of sp³-hybridized carbons (Fsp3) is 0.250. The Labute approximate surface area is 179 Å². The number of esters is 1. The predicted octanol–water partition coefficient (Wildman–Crippen LogP) is 3.87. The van der Waals surface area contributed by atoms with Crippen LogP contribution in [0.15, 0.2) is 48.5 Å². The summed E-state index contributed by atoms with van der Waals surface area (Å²) in [5.74, 6) is -1.12. The van der Waals surface area contributed by atoms with Gasteiger partial charge < -0.3 is 15.4 Å². The number of benzene rings is 2. The van der Waals surface area contributed by atoms with Gasteiger partial charge in [-0.25, -0.2) is 4.79 Å². The molecule has 0 radical (unpaired) electrons. The topological polar surface area (TPSA) is 97.4 Å². The molecule has 2 N–H and O–H groups in total. The lowest BCUT2D eigenvalue weighted by Gasteiger charge is -2.16. The van der Waals surface area contributed by atoms with Crippen LogP contribution in [-0.2, 0) is 27.2 Å². The maximum absolute atomic E-state index is 13.1. The summed E-state index contributed by atoms with van der Waals surface area (Å²) in [6.07, 6.45) is 1.58. The van der Waals surface area contributed by atoms with Crippen LogP contribution in [0.2, 0.25) is 0 Å². The number of fused-ring (bicyclic) bond motifs is 2. The molecule has 4 rings (SSSR count). The summed E-state index contributed by atoms with van der Waals surface area (Å²) >= 11 is 0. The normalized spacial score (nSPS) is 13.4. The summed E-state index contributed by atoms with van der Waals surface area (Å²) in [4.78, 5) is 41.4. The molecule has 0 unspecified atom stereocenters. The van der Waals surface area contributed by atoms with Crippen molar-refractivity contribution in [1.82, 2.24) is 4.98 Å². The van der Waals surface area contributed by atoms with Crippen molar-refractivity contribution in [3.05, 3.63) is 65.4 Å².